The Morgan fingerprint density at radius 1 is 0.850 bits per heavy atom. The highest BCUT2D eigenvalue weighted by Crippen LogP contribution is 2.41. The molecule has 0 aliphatic carbocycles. The Bertz CT molecular complexity index is 1640. The molecular formula is C26H23F4N7O2S. The van der Waals surface area contributed by atoms with Crippen LogP contribution < -0.4 is 20.7 Å². The van der Waals surface area contributed by atoms with Crippen LogP contribution in [0.2, 0.25) is 0 Å². The number of piperazine rings is 1. The minimum atomic E-state index is -4.89. The number of sulfonamides is 1. The molecule has 1 saturated heterocycles. The van der Waals surface area contributed by atoms with Gasteiger partial charge in [-0.25, -0.2) is 32.9 Å². The van der Waals surface area contributed by atoms with Gasteiger partial charge in [-0.3, -0.25) is 0 Å². The topological polar surface area (TPSA) is 131 Å². The van der Waals surface area contributed by atoms with Gasteiger partial charge < -0.3 is 15.5 Å². The Morgan fingerprint density at radius 3 is 2.12 bits per heavy atom. The molecule has 9 nitrogen and oxygen atoms in total. The highest BCUT2D eigenvalue weighted by Gasteiger charge is 2.38. The van der Waals surface area contributed by atoms with Gasteiger partial charge in [0.25, 0.3) is 0 Å². The van der Waals surface area contributed by atoms with Crippen molar-refractivity contribution in [3.8, 4) is 22.4 Å². The second kappa shape index (κ2) is 10.4. The number of halogens is 4. The predicted octanol–water partition coefficient (Wildman–Crippen LogP) is 3.92. The van der Waals surface area contributed by atoms with Crippen molar-refractivity contribution in [3.05, 3.63) is 78.5 Å². The van der Waals surface area contributed by atoms with Crippen molar-refractivity contribution in [1.82, 2.24) is 15.0 Å². The summed E-state index contributed by atoms with van der Waals surface area (Å²) in [7, 11) is -4.13. The quantitative estimate of drug-likeness (QED) is 0.344. The van der Waals surface area contributed by atoms with Crippen LogP contribution in [0.4, 0.5) is 34.9 Å². The van der Waals surface area contributed by atoms with E-state index in [1.165, 1.54) is 42.6 Å². The van der Waals surface area contributed by atoms with Crippen molar-refractivity contribution >= 4 is 27.3 Å². The molecule has 4 aromatic rings. The van der Waals surface area contributed by atoms with E-state index in [0.29, 0.717) is 24.6 Å². The Kier molecular flexibility index (Phi) is 7.06. The van der Waals surface area contributed by atoms with Gasteiger partial charge >= 0.3 is 6.18 Å². The molecule has 2 aromatic heterocycles. The fourth-order valence-electron chi connectivity index (χ4n) is 4.45. The van der Waals surface area contributed by atoms with E-state index in [1.54, 1.807) is 17.0 Å². The number of aromatic nitrogens is 3. The normalized spacial score (nSPS) is 14.4. The third kappa shape index (κ3) is 5.67. The van der Waals surface area contributed by atoms with Gasteiger partial charge in [-0.05, 0) is 54.1 Å². The van der Waals surface area contributed by atoms with E-state index >= 15 is 0 Å². The number of nitrogens with two attached hydrogens (primary N) is 2. The smallest absolute Gasteiger partial charge is 0.397 e. The zero-order valence-corrected chi connectivity index (χ0v) is 21.6. The summed E-state index contributed by atoms with van der Waals surface area (Å²) in [5.74, 6) is -1.34. The summed E-state index contributed by atoms with van der Waals surface area (Å²) in [5, 5.41) is 5.33. The van der Waals surface area contributed by atoms with Gasteiger partial charge in [-0.2, -0.15) is 13.2 Å². The van der Waals surface area contributed by atoms with Crippen LogP contribution in [-0.4, -0.2) is 49.5 Å². The average Bonchev–Trinajstić information content (AvgIpc) is 2.92. The van der Waals surface area contributed by atoms with Gasteiger partial charge in [-0.15, -0.1) is 0 Å². The van der Waals surface area contributed by atoms with Crippen molar-refractivity contribution in [1.29, 1.82) is 0 Å². The maximum absolute atomic E-state index is 14.0. The lowest BCUT2D eigenvalue weighted by Crippen LogP contribution is -2.47. The summed E-state index contributed by atoms with van der Waals surface area (Å²) in [6.07, 6.45) is -3.37. The Balaban J connectivity index is 1.67. The molecule has 0 amide bonds. The summed E-state index contributed by atoms with van der Waals surface area (Å²) in [6.45, 7) is 1.35. The van der Waals surface area contributed by atoms with Gasteiger partial charge in [0.15, 0.2) is 0 Å². The van der Waals surface area contributed by atoms with E-state index in [2.05, 4.69) is 15.0 Å². The SMILES string of the molecule is Nc1ccc(N2CCN(c3nc(C(F)(F)F)nc(-c4ccc(F)cc4)c3-c3cccc(S(N)(=O)=O)c3)CC2)nc1. The molecule has 3 heterocycles. The predicted molar refractivity (Wildman–Crippen MR) is 142 cm³/mol. The number of nitrogens with zero attached hydrogens (tertiary/aromatic N) is 5. The highest BCUT2D eigenvalue weighted by molar-refractivity contribution is 7.89. The van der Waals surface area contributed by atoms with Crippen molar-refractivity contribution in [3.63, 3.8) is 0 Å². The number of primary sulfonamides is 1. The largest absolute Gasteiger partial charge is 0.451 e. The van der Waals surface area contributed by atoms with E-state index in [0.717, 1.165) is 12.1 Å². The van der Waals surface area contributed by atoms with Crippen LogP contribution in [0.1, 0.15) is 5.82 Å². The van der Waals surface area contributed by atoms with Crippen LogP contribution in [0, 0.1) is 5.82 Å². The van der Waals surface area contributed by atoms with Crippen molar-refractivity contribution in [2.24, 2.45) is 5.14 Å². The maximum Gasteiger partial charge on any atom is 0.451 e. The van der Waals surface area contributed by atoms with E-state index in [-0.39, 0.29) is 46.2 Å². The fourth-order valence-corrected chi connectivity index (χ4v) is 5.01. The first-order valence-corrected chi connectivity index (χ1v) is 13.5. The second-order valence-electron chi connectivity index (χ2n) is 9.10. The number of hydrogen-bond acceptors (Lipinski definition) is 8. The molecule has 2 aromatic carbocycles. The van der Waals surface area contributed by atoms with E-state index in [4.69, 9.17) is 10.9 Å². The molecule has 1 fully saturated rings. The average molecular weight is 574 g/mol. The lowest BCUT2D eigenvalue weighted by Gasteiger charge is -2.37. The van der Waals surface area contributed by atoms with Crippen LogP contribution in [0.15, 0.2) is 71.8 Å². The molecule has 14 heteroatoms. The minimum absolute atomic E-state index is 0.0434. The number of benzene rings is 2. The Morgan fingerprint density at radius 2 is 1.52 bits per heavy atom. The zero-order valence-electron chi connectivity index (χ0n) is 20.8. The minimum Gasteiger partial charge on any atom is -0.397 e. The lowest BCUT2D eigenvalue weighted by atomic mass is 9.98. The summed E-state index contributed by atoms with van der Waals surface area (Å²) in [6, 6.07) is 13.8. The summed E-state index contributed by atoms with van der Waals surface area (Å²) < 4.78 is 80.0. The van der Waals surface area contributed by atoms with Crippen molar-refractivity contribution in [2.75, 3.05) is 41.7 Å². The zero-order chi connectivity index (χ0) is 28.7. The molecule has 5 rings (SSSR count). The molecule has 0 unspecified atom stereocenters. The first-order valence-electron chi connectivity index (χ1n) is 12.0. The third-order valence-electron chi connectivity index (χ3n) is 6.39. The van der Waals surface area contributed by atoms with Gasteiger partial charge in [0, 0.05) is 31.7 Å². The number of rotatable bonds is 5. The fraction of sp³-hybridized carbons (Fsp3) is 0.192. The summed E-state index contributed by atoms with van der Waals surface area (Å²) in [4.78, 5) is 15.5. The van der Waals surface area contributed by atoms with Crippen molar-refractivity contribution < 1.29 is 26.0 Å². The number of anilines is 3. The van der Waals surface area contributed by atoms with E-state index in [9.17, 15) is 26.0 Å². The van der Waals surface area contributed by atoms with Crippen LogP contribution in [0.5, 0.6) is 0 Å². The van der Waals surface area contributed by atoms with Crippen molar-refractivity contribution in [2.45, 2.75) is 11.1 Å². The third-order valence-corrected chi connectivity index (χ3v) is 7.30. The standard InChI is InChI=1S/C26H23F4N7O2S/c27-18-6-4-16(5-7-18)23-22(17-2-1-3-20(14-17)40(32,38)39)24(35-25(34-23)26(28,29)30)37-12-10-36(11-13-37)21-9-8-19(31)15-33-21/h1-9,14-15H,10-13,31H2,(H2,32,38,39). The summed E-state index contributed by atoms with van der Waals surface area (Å²) >= 11 is 0. The summed E-state index contributed by atoms with van der Waals surface area (Å²) in [5.41, 5.74) is 6.67. The van der Waals surface area contributed by atoms with E-state index < -0.39 is 27.8 Å². The number of nitrogen functional groups attached to an aromatic ring is 1. The maximum atomic E-state index is 14.0. The Labute approximate surface area is 227 Å². The number of pyridine rings is 1. The number of hydrogen-bond donors (Lipinski definition) is 2. The molecule has 0 radical (unpaired) electrons. The molecule has 0 atom stereocenters. The highest BCUT2D eigenvalue weighted by atomic mass is 32.2. The number of alkyl halides is 3. The van der Waals surface area contributed by atoms with Crippen LogP contribution in [0.25, 0.3) is 22.4 Å². The molecular weight excluding hydrogens is 550 g/mol. The monoisotopic (exact) mass is 573 g/mol. The van der Waals surface area contributed by atoms with Crippen LogP contribution >= 0.6 is 0 Å². The Hall–Kier alpha value is -4.30. The van der Waals surface area contributed by atoms with Crippen LogP contribution in [0.3, 0.4) is 0 Å². The van der Waals surface area contributed by atoms with Crippen LogP contribution in [-0.2, 0) is 16.2 Å². The molecule has 0 bridgehead atoms. The van der Waals surface area contributed by atoms with Gasteiger partial charge in [0.05, 0.1) is 28.0 Å². The van der Waals surface area contributed by atoms with Gasteiger partial charge in [-0.1, -0.05) is 12.1 Å². The lowest BCUT2D eigenvalue weighted by molar-refractivity contribution is -0.144. The second-order valence-corrected chi connectivity index (χ2v) is 10.7. The molecule has 1 aliphatic heterocycles. The molecule has 4 N–H and O–H groups in total. The molecule has 0 spiro atoms. The molecule has 1 aliphatic rings. The first kappa shape index (κ1) is 27.3. The molecule has 208 valence electrons. The molecule has 40 heavy (non-hydrogen) atoms. The first-order chi connectivity index (χ1) is 18.9. The molecule has 0 saturated carbocycles. The van der Waals surface area contributed by atoms with Gasteiger partial charge in [0.1, 0.15) is 17.5 Å². The van der Waals surface area contributed by atoms with Gasteiger partial charge in [0.2, 0.25) is 15.8 Å². The van der Waals surface area contributed by atoms with E-state index in [1.807, 2.05) is 4.90 Å².